The number of amides is 1. The number of anilines is 1. The van der Waals surface area contributed by atoms with Crippen molar-refractivity contribution in [1.82, 2.24) is 14.5 Å². The number of hydrogen-bond acceptors (Lipinski definition) is 8. The summed E-state index contributed by atoms with van der Waals surface area (Å²) in [7, 11) is -2.09. The Morgan fingerprint density at radius 2 is 1.82 bits per heavy atom. The third-order valence-corrected chi connectivity index (χ3v) is 8.23. The van der Waals surface area contributed by atoms with Gasteiger partial charge in [-0.1, -0.05) is 23.3 Å². The molecule has 1 aliphatic rings. The van der Waals surface area contributed by atoms with Crippen molar-refractivity contribution in [1.29, 1.82) is 0 Å². The number of benzene rings is 2. The highest BCUT2D eigenvalue weighted by Crippen LogP contribution is 2.26. The molecule has 11 heteroatoms. The standard InChI is InChI=1S/C22H24N4O5S2/c1-30-17-7-9-19(10-8-17)33(28,29)26-13-11-16(12-14-26)21(27)23-22-25-24-20(31-22)15-32-18-5-3-2-4-6-18/h2-10,16H,11-15H2,1H3,(H,23,25,27). The van der Waals surface area contributed by atoms with Gasteiger partial charge in [-0.25, -0.2) is 8.42 Å². The van der Waals surface area contributed by atoms with Gasteiger partial charge in [-0.15, -0.1) is 16.9 Å². The monoisotopic (exact) mass is 488 g/mol. The number of hydrogen-bond donors (Lipinski definition) is 1. The molecule has 3 aromatic rings. The highest BCUT2D eigenvalue weighted by molar-refractivity contribution is 7.98. The highest BCUT2D eigenvalue weighted by atomic mass is 32.2. The molecule has 0 radical (unpaired) electrons. The number of piperidine rings is 1. The van der Waals surface area contributed by atoms with Crippen LogP contribution in [0.3, 0.4) is 0 Å². The summed E-state index contributed by atoms with van der Waals surface area (Å²) in [5.74, 6) is 0.921. The summed E-state index contributed by atoms with van der Waals surface area (Å²) in [6.45, 7) is 0.518. The number of thioether (sulfide) groups is 1. The maximum atomic E-state index is 12.9. The van der Waals surface area contributed by atoms with E-state index in [1.54, 1.807) is 23.9 Å². The zero-order valence-electron chi connectivity index (χ0n) is 18.0. The van der Waals surface area contributed by atoms with E-state index in [4.69, 9.17) is 9.15 Å². The van der Waals surface area contributed by atoms with E-state index < -0.39 is 10.0 Å². The molecule has 1 fully saturated rings. The van der Waals surface area contributed by atoms with Crippen LogP contribution in [0.15, 0.2) is 68.8 Å². The van der Waals surface area contributed by atoms with E-state index in [0.29, 0.717) is 30.2 Å². The van der Waals surface area contributed by atoms with Gasteiger partial charge >= 0.3 is 6.01 Å². The van der Waals surface area contributed by atoms with Crippen molar-refractivity contribution in [2.24, 2.45) is 5.92 Å². The average molecular weight is 489 g/mol. The average Bonchev–Trinajstić information content (AvgIpc) is 3.30. The minimum absolute atomic E-state index is 0.0527. The van der Waals surface area contributed by atoms with Gasteiger partial charge in [0.15, 0.2) is 0 Å². The Labute approximate surface area is 196 Å². The Hall–Kier alpha value is -2.89. The summed E-state index contributed by atoms with van der Waals surface area (Å²) in [5, 5.41) is 10.5. The van der Waals surface area contributed by atoms with Crippen molar-refractivity contribution >= 4 is 33.7 Å². The maximum absolute atomic E-state index is 12.9. The van der Waals surface area contributed by atoms with Crippen molar-refractivity contribution in [3.63, 3.8) is 0 Å². The third kappa shape index (κ3) is 5.73. The number of carbonyl (C=O) groups excluding carboxylic acids is 1. The van der Waals surface area contributed by atoms with Gasteiger partial charge in [-0.2, -0.15) is 4.31 Å². The minimum atomic E-state index is -3.62. The SMILES string of the molecule is COc1ccc(S(=O)(=O)N2CCC(C(=O)Nc3nnc(CSc4ccccc4)o3)CC2)cc1. The molecule has 9 nitrogen and oxygen atoms in total. The Balaban J connectivity index is 1.28. The van der Waals surface area contributed by atoms with Crippen molar-refractivity contribution in [2.45, 2.75) is 28.4 Å². The van der Waals surface area contributed by atoms with Crippen LogP contribution in [0, 0.1) is 5.92 Å². The summed E-state index contributed by atoms with van der Waals surface area (Å²) < 4.78 is 37.8. The van der Waals surface area contributed by atoms with Crippen LogP contribution >= 0.6 is 11.8 Å². The van der Waals surface area contributed by atoms with E-state index in [1.807, 2.05) is 30.3 Å². The van der Waals surface area contributed by atoms with Crippen molar-refractivity contribution in [3.8, 4) is 5.75 Å². The molecule has 1 saturated heterocycles. The molecule has 4 rings (SSSR count). The van der Waals surface area contributed by atoms with Crippen LogP contribution in [0.5, 0.6) is 5.75 Å². The van der Waals surface area contributed by atoms with Crippen LogP contribution in [0.2, 0.25) is 0 Å². The Morgan fingerprint density at radius 3 is 2.48 bits per heavy atom. The summed E-state index contributed by atoms with van der Waals surface area (Å²) in [5.41, 5.74) is 0. The van der Waals surface area contributed by atoms with Crippen molar-refractivity contribution in [3.05, 3.63) is 60.5 Å². The zero-order valence-corrected chi connectivity index (χ0v) is 19.6. The molecule has 2 heterocycles. The Kier molecular flexibility index (Phi) is 7.31. The van der Waals surface area contributed by atoms with Gasteiger partial charge in [-0.05, 0) is 49.2 Å². The first kappa shape index (κ1) is 23.3. The third-order valence-electron chi connectivity index (χ3n) is 5.32. The van der Waals surface area contributed by atoms with Crippen molar-refractivity contribution in [2.75, 3.05) is 25.5 Å². The number of nitrogens with one attached hydrogen (secondary N) is 1. The first-order valence-corrected chi connectivity index (χ1v) is 12.8. The first-order valence-electron chi connectivity index (χ1n) is 10.4. The molecule has 0 bridgehead atoms. The molecule has 1 aliphatic heterocycles. The lowest BCUT2D eigenvalue weighted by Crippen LogP contribution is -2.41. The van der Waals surface area contributed by atoms with Gasteiger partial charge in [0.2, 0.25) is 21.8 Å². The van der Waals surface area contributed by atoms with E-state index in [9.17, 15) is 13.2 Å². The molecule has 0 unspecified atom stereocenters. The van der Waals surface area contributed by atoms with Gasteiger partial charge in [0.1, 0.15) is 5.75 Å². The molecule has 0 aliphatic carbocycles. The van der Waals surface area contributed by atoms with Gasteiger partial charge in [-0.3, -0.25) is 10.1 Å². The Morgan fingerprint density at radius 1 is 1.12 bits per heavy atom. The molecule has 0 spiro atoms. The molecule has 33 heavy (non-hydrogen) atoms. The van der Waals surface area contributed by atoms with Crippen LogP contribution < -0.4 is 10.1 Å². The number of aromatic nitrogens is 2. The summed E-state index contributed by atoms with van der Waals surface area (Å²) in [4.78, 5) is 13.9. The Bertz CT molecular complexity index is 1180. The molecule has 1 aromatic heterocycles. The molecular weight excluding hydrogens is 464 g/mol. The van der Waals surface area contributed by atoms with Crippen LogP contribution in [-0.4, -0.2) is 49.0 Å². The minimum Gasteiger partial charge on any atom is -0.497 e. The van der Waals surface area contributed by atoms with Crippen LogP contribution in [-0.2, 0) is 20.6 Å². The van der Waals surface area contributed by atoms with Gasteiger partial charge < -0.3 is 9.15 Å². The summed E-state index contributed by atoms with van der Waals surface area (Å²) >= 11 is 1.56. The molecule has 1 N–H and O–H groups in total. The molecule has 2 aromatic carbocycles. The van der Waals surface area contributed by atoms with Crippen LogP contribution in [0.25, 0.3) is 0 Å². The predicted octanol–water partition coefficient (Wildman–Crippen LogP) is 3.41. The second kappa shape index (κ2) is 10.4. The zero-order chi connectivity index (χ0) is 23.3. The van der Waals surface area contributed by atoms with E-state index >= 15 is 0 Å². The van der Waals surface area contributed by atoms with Gasteiger partial charge in [0.05, 0.1) is 17.8 Å². The lowest BCUT2D eigenvalue weighted by Gasteiger charge is -2.30. The van der Waals surface area contributed by atoms with Crippen LogP contribution in [0.4, 0.5) is 6.01 Å². The van der Waals surface area contributed by atoms with E-state index in [0.717, 1.165) is 4.90 Å². The van der Waals surface area contributed by atoms with Crippen LogP contribution in [0.1, 0.15) is 18.7 Å². The lowest BCUT2D eigenvalue weighted by atomic mass is 9.97. The predicted molar refractivity (Wildman–Crippen MR) is 123 cm³/mol. The fraction of sp³-hybridized carbons (Fsp3) is 0.318. The van der Waals surface area contributed by atoms with E-state index in [1.165, 1.54) is 23.5 Å². The molecular formula is C22H24N4O5S2. The van der Waals surface area contributed by atoms with Gasteiger partial charge in [0.25, 0.3) is 0 Å². The summed E-state index contributed by atoms with van der Waals surface area (Å²) in [6, 6.07) is 16.2. The van der Waals surface area contributed by atoms with E-state index in [2.05, 4.69) is 15.5 Å². The largest absolute Gasteiger partial charge is 0.497 e. The second-order valence-electron chi connectivity index (χ2n) is 7.45. The number of rotatable bonds is 8. The summed E-state index contributed by atoms with van der Waals surface area (Å²) in [6.07, 6.45) is 0.818. The second-order valence-corrected chi connectivity index (χ2v) is 10.4. The fourth-order valence-corrected chi connectivity index (χ4v) is 5.71. The fourth-order valence-electron chi connectivity index (χ4n) is 3.49. The molecule has 1 amide bonds. The number of methoxy groups -OCH3 is 1. The quantitative estimate of drug-likeness (QED) is 0.480. The van der Waals surface area contributed by atoms with Gasteiger partial charge in [0, 0.05) is 23.9 Å². The number of carbonyl (C=O) groups is 1. The first-order chi connectivity index (χ1) is 16.0. The van der Waals surface area contributed by atoms with Crippen molar-refractivity contribution < 1.29 is 22.4 Å². The molecule has 0 saturated carbocycles. The van der Waals surface area contributed by atoms with E-state index in [-0.39, 0.29) is 35.8 Å². The maximum Gasteiger partial charge on any atom is 0.322 e. The number of sulfonamides is 1. The lowest BCUT2D eigenvalue weighted by molar-refractivity contribution is -0.121. The number of ether oxygens (including phenoxy) is 1. The highest BCUT2D eigenvalue weighted by Gasteiger charge is 2.32. The smallest absolute Gasteiger partial charge is 0.322 e. The normalized spacial score (nSPS) is 15.3. The molecule has 174 valence electrons. The molecule has 0 atom stereocenters. The topological polar surface area (TPSA) is 115 Å². The number of nitrogens with zero attached hydrogens (tertiary/aromatic N) is 3.